The predicted molar refractivity (Wildman–Crippen MR) is 119 cm³/mol. The average Bonchev–Trinajstić information content (AvgIpc) is 3.15. The molecule has 3 heterocycles. The molecule has 3 aromatic heterocycles. The summed E-state index contributed by atoms with van der Waals surface area (Å²) in [5.41, 5.74) is 2.67. The Morgan fingerprint density at radius 3 is 2.81 bits per heavy atom. The summed E-state index contributed by atoms with van der Waals surface area (Å²) in [5, 5.41) is 13.0. The molecule has 0 spiro atoms. The van der Waals surface area contributed by atoms with Gasteiger partial charge in [-0.15, -0.1) is 0 Å². The fourth-order valence-electron chi connectivity index (χ4n) is 3.13. The normalized spacial score (nSPS) is 11.3. The molecular weight excluding hydrogens is 414 g/mol. The predicted octanol–water partition coefficient (Wildman–Crippen LogP) is 2.89. The van der Waals surface area contributed by atoms with Crippen molar-refractivity contribution in [1.82, 2.24) is 19.5 Å². The Bertz CT molecular complexity index is 1410. The Labute approximate surface area is 179 Å². The lowest BCUT2D eigenvalue weighted by Crippen LogP contribution is -2.27. The van der Waals surface area contributed by atoms with Crippen LogP contribution in [0.25, 0.3) is 11.0 Å². The van der Waals surface area contributed by atoms with Gasteiger partial charge in [-0.25, -0.2) is 18.4 Å². The molecule has 1 N–H and O–H groups in total. The molecular formula is C21H19N7O2S. The molecule has 1 aromatic carbocycles. The third-order valence-electron chi connectivity index (χ3n) is 4.75. The minimum Gasteiger partial charge on any atom is -0.328 e. The maximum atomic E-state index is 12.0. The molecule has 0 radical (unpaired) electrons. The molecule has 0 aliphatic heterocycles. The lowest BCUT2D eigenvalue weighted by molar-refractivity contribution is 0.599. The van der Waals surface area contributed by atoms with E-state index >= 15 is 0 Å². The van der Waals surface area contributed by atoms with E-state index in [0.717, 1.165) is 21.5 Å². The topological polar surface area (TPSA) is 117 Å². The van der Waals surface area contributed by atoms with E-state index in [-0.39, 0.29) is 0 Å². The highest BCUT2D eigenvalue weighted by atomic mass is 32.2. The maximum absolute atomic E-state index is 12.0. The van der Waals surface area contributed by atoms with E-state index < -0.39 is 10.0 Å². The zero-order chi connectivity index (χ0) is 22.0. The first-order valence-corrected chi connectivity index (χ1v) is 11.2. The minimum atomic E-state index is -3.44. The van der Waals surface area contributed by atoms with E-state index in [1.165, 1.54) is 7.05 Å². The number of hydrogen-bond acceptors (Lipinski definition) is 7. The Morgan fingerprint density at radius 1 is 1.19 bits per heavy atom. The standard InChI is InChI=1S/C21H19N7O2S/c1-27(31(2,29)30)19-17(6-4-9-23-19)14-28-10-8-16-13-24-21(26-20(16)28)25-18-7-3-5-15(11-18)12-22/h3-11,13H,14H2,1-2H3,(H,24,25,26). The van der Waals surface area contributed by atoms with Crippen LogP contribution < -0.4 is 9.62 Å². The first kappa shape index (κ1) is 20.3. The molecule has 4 aromatic rings. The second-order valence-electron chi connectivity index (χ2n) is 6.95. The fourth-order valence-corrected chi connectivity index (χ4v) is 3.61. The van der Waals surface area contributed by atoms with Crippen LogP contribution in [-0.4, -0.2) is 41.2 Å². The Morgan fingerprint density at radius 2 is 2.03 bits per heavy atom. The van der Waals surface area contributed by atoms with Crippen LogP contribution in [-0.2, 0) is 16.6 Å². The second kappa shape index (κ2) is 8.04. The van der Waals surface area contributed by atoms with Gasteiger partial charge in [-0.2, -0.15) is 10.2 Å². The van der Waals surface area contributed by atoms with Gasteiger partial charge in [0, 0.05) is 42.3 Å². The number of pyridine rings is 1. The van der Waals surface area contributed by atoms with Crippen molar-refractivity contribution in [3.8, 4) is 6.07 Å². The number of nitrogens with one attached hydrogen (secondary N) is 1. The molecule has 0 aliphatic carbocycles. The molecule has 0 atom stereocenters. The summed E-state index contributed by atoms with van der Waals surface area (Å²) in [6, 6.07) is 14.7. The number of fused-ring (bicyclic) bond motifs is 1. The summed E-state index contributed by atoms with van der Waals surface area (Å²) in [4.78, 5) is 13.2. The van der Waals surface area contributed by atoms with E-state index in [4.69, 9.17) is 5.26 Å². The van der Waals surface area contributed by atoms with Crippen molar-refractivity contribution in [2.75, 3.05) is 22.9 Å². The number of nitrogens with zero attached hydrogens (tertiary/aromatic N) is 6. The van der Waals surface area contributed by atoms with Gasteiger partial charge in [-0.05, 0) is 30.3 Å². The number of benzene rings is 1. The van der Waals surface area contributed by atoms with Crippen molar-refractivity contribution in [2.24, 2.45) is 0 Å². The van der Waals surface area contributed by atoms with Gasteiger partial charge in [0.25, 0.3) is 0 Å². The number of hydrogen-bond donors (Lipinski definition) is 1. The smallest absolute Gasteiger partial charge is 0.233 e. The zero-order valence-corrected chi connectivity index (χ0v) is 17.7. The van der Waals surface area contributed by atoms with Crippen molar-refractivity contribution < 1.29 is 8.42 Å². The van der Waals surface area contributed by atoms with E-state index in [0.29, 0.717) is 35.2 Å². The largest absolute Gasteiger partial charge is 0.328 e. The molecule has 0 aliphatic rings. The van der Waals surface area contributed by atoms with Crippen molar-refractivity contribution in [3.05, 3.63) is 72.2 Å². The van der Waals surface area contributed by atoms with Gasteiger partial charge in [-0.1, -0.05) is 12.1 Å². The average molecular weight is 433 g/mol. The van der Waals surface area contributed by atoms with Gasteiger partial charge < -0.3 is 9.88 Å². The molecule has 156 valence electrons. The number of anilines is 3. The highest BCUT2D eigenvalue weighted by Crippen LogP contribution is 2.23. The highest BCUT2D eigenvalue weighted by Gasteiger charge is 2.18. The number of nitriles is 1. The van der Waals surface area contributed by atoms with E-state index in [1.807, 2.05) is 29.0 Å². The van der Waals surface area contributed by atoms with E-state index in [9.17, 15) is 8.42 Å². The van der Waals surface area contributed by atoms with E-state index in [1.54, 1.807) is 36.7 Å². The van der Waals surface area contributed by atoms with Crippen LogP contribution in [0.15, 0.2) is 61.1 Å². The third-order valence-corrected chi connectivity index (χ3v) is 5.92. The van der Waals surface area contributed by atoms with Crippen molar-refractivity contribution >= 4 is 38.5 Å². The van der Waals surface area contributed by atoms with Crippen LogP contribution in [0.3, 0.4) is 0 Å². The monoisotopic (exact) mass is 433 g/mol. The molecule has 4 rings (SSSR count). The van der Waals surface area contributed by atoms with Crippen LogP contribution in [0.1, 0.15) is 11.1 Å². The maximum Gasteiger partial charge on any atom is 0.233 e. The quantitative estimate of drug-likeness (QED) is 0.497. The van der Waals surface area contributed by atoms with Crippen LogP contribution in [0, 0.1) is 11.3 Å². The van der Waals surface area contributed by atoms with Crippen LogP contribution in [0.5, 0.6) is 0 Å². The van der Waals surface area contributed by atoms with Crippen LogP contribution in [0.4, 0.5) is 17.5 Å². The Kier molecular flexibility index (Phi) is 5.27. The van der Waals surface area contributed by atoms with Gasteiger partial charge in [0.05, 0.1) is 24.4 Å². The Hall–Kier alpha value is -3.97. The minimum absolute atomic E-state index is 0.368. The molecule has 0 saturated heterocycles. The van der Waals surface area contributed by atoms with Gasteiger partial charge in [-0.3, -0.25) is 4.31 Å². The van der Waals surface area contributed by atoms with Gasteiger partial charge in [0.2, 0.25) is 16.0 Å². The highest BCUT2D eigenvalue weighted by molar-refractivity contribution is 7.92. The second-order valence-corrected chi connectivity index (χ2v) is 8.96. The summed E-state index contributed by atoms with van der Waals surface area (Å²) in [7, 11) is -1.96. The molecule has 0 saturated carbocycles. The number of sulfonamides is 1. The van der Waals surface area contributed by atoms with Crippen LogP contribution >= 0.6 is 0 Å². The summed E-state index contributed by atoms with van der Waals surface area (Å²) in [6.45, 7) is 0.382. The van der Waals surface area contributed by atoms with Crippen molar-refractivity contribution in [3.63, 3.8) is 0 Å². The SMILES string of the molecule is CN(c1ncccc1Cn1ccc2cnc(Nc3cccc(C#N)c3)nc21)S(C)(=O)=O. The van der Waals surface area contributed by atoms with Gasteiger partial charge >= 0.3 is 0 Å². The molecule has 0 bridgehead atoms. The summed E-state index contributed by atoms with van der Waals surface area (Å²) in [6.07, 6.45) is 6.29. The third kappa shape index (κ3) is 4.31. The van der Waals surface area contributed by atoms with Crippen LogP contribution in [0.2, 0.25) is 0 Å². The lowest BCUT2D eigenvalue weighted by Gasteiger charge is -2.19. The number of aromatic nitrogens is 4. The summed E-state index contributed by atoms with van der Waals surface area (Å²) in [5.74, 6) is 0.759. The fraction of sp³-hybridized carbons (Fsp3) is 0.143. The van der Waals surface area contributed by atoms with Gasteiger partial charge in [0.1, 0.15) is 11.5 Å². The molecule has 0 amide bonds. The first-order valence-electron chi connectivity index (χ1n) is 9.32. The summed E-state index contributed by atoms with van der Waals surface area (Å²) >= 11 is 0. The summed E-state index contributed by atoms with van der Waals surface area (Å²) < 4.78 is 27.1. The Balaban J connectivity index is 1.67. The van der Waals surface area contributed by atoms with Crippen molar-refractivity contribution in [1.29, 1.82) is 5.26 Å². The van der Waals surface area contributed by atoms with Gasteiger partial charge in [0.15, 0.2) is 0 Å². The molecule has 10 heteroatoms. The first-order chi connectivity index (χ1) is 14.8. The molecule has 0 fully saturated rings. The zero-order valence-electron chi connectivity index (χ0n) is 16.9. The lowest BCUT2D eigenvalue weighted by atomic mass is 10.2. The molecule has 0 unspecified atom stereocenters. The molecule has 31 heavy (non-hydrogen) atoms. The van der Waals surface area contributed by atoms with Crippen molar-refractivity contribution in [2.45, 2.75) is 6.54 Å². The van der Waals surface area contributed by atoms with E-state index in [2.05, 4.69) is 26.3 Å². The molecule has 9 nitrogen and oxygen atoms in total. The number of rotatable bonds is 6.